The van der Waals surface area contributed by atoms with E-state index in [0.717, 1.165) is 19.3 Å². The Morgan fingerprint density at radius 3 is 2.65 bits per heavy atom. The molecule has 1 aliphatic rings. The van der Waals surface area contributed by atoms with Crippen LogP contribution in [-0.2, 0) is 9.47 Å². The van der Waals surface area contributed by atoms with Crippen LogP contribution in [0.3, 0.4) is 0 Å². The summed E-state index contributed by atoms with van der Waals surface area (Å²) in [6.45, 7) is 3.44. The van der Waals surface area contributed by atoms with Gasteiger partial charge in [0.1, 0.15) is 17.4 Å². The van der Waals surface area contributed by atoms with Crippen LogP contribution in [0.5, 0.6) is 0 Å². The lowest BCUT2D eigenvalue weighted by molar-refractivity contribution is -0.0208. The molecule has 2 atom stereocenters. The van der Waals surface area contributed by atoms with Gasteiger partial charge in [0.2, 0.25) is 0 Å². The van der Waals surface area contributed by atoms with E-state index in [0.29, 0.717) is 17.0 Å². The lowest BCUT2D eigenvalue weighted by Crippen LogP contribution is -2.28. The summed E-state index contributed by atoms with van der Waals surface area (Å²) in [5.41, 5.74) is 1.01. The quantitative estimate of drug-likeness (QED) is 0.755. The smallest absolute Gasteiger partial charge is 0.344 e. The van der Waals surface area contributed by atoms with Gasteiger partial charge in [0.25, 0.3) is 0 Å². The molecular weight excluding hydrogens is 222 g/mol. The second-order valence-electron chi connectivity index (χ2n) is 4.35. The van der Waals surface area contributed by atoms with E-state index in [-0.39, 0.29) is 18.2 Å². The first-order chi connectivity index (χ1) is 8.13. The van der Waals surface area contributed by atoms with Crippen LogP contribution in [-0.4, -0.2) is 30.4 Å². The van der Waals surface area contributed by atoms with Gasteiger partial charge in [0.05, 0.1) is 11.8 Å². The third kappa shape index (κ3) is 2.34. The molecule has 0 N–H and O–H groups in total. The Morgan fingerprint density at radius 2 is 2.06 bits per heavy atom. The molecule has 5 heteroatoms. The van der Waals surface area contributed by atoms with Crippen molar-refractivity contribution in [2.45, 2.75) is 45.3 Å². The summed E-state index contributed by atoms with van der Waals surface area (Å²) in [6, 6.07) is 0. The molecule has 0 amide bonds. The van der Waals surface area contributed by atoms with Crippen molar-refractivity contribution in [3.63, 3.8) is 0 Å². The highest BCUT2D eigenvalue weighted by Gasteiger charge is 2.32. The van der Waals surface area contributed by atoms with Gasteiger partial charge in [-0.3, -0.25) is 0 Å². The van der Waals surface area contributed by atoms with E-state index in [9.17, 15) is 4.79 Å². The van der Waals surface area contributed by atoms with Crippen LogP contribution >= 0.6 is 0 Å². The number of esters is 1. The molecule has 1 heterocycles. The molecule has 2 rings (SSSR count). The lowest BCUT2D eigenvalue weighted by atomic mass is 10.2. The molecule has 1 saturated carbocycles. The number of rotatable bonds is 3. The average Bonchev–Trinajstić information content (AvgIpc) is 2.85. The first-order valence-electron chi connectivity index (χ1n) is 5.80. The monoisotopic (exact) mass is 239 g/mol. The number of nitrogens with zero attached hydrogens (tertiary/aromatic N) is 1. The Balaban J connectivity index is 2.07. The minimum atomic E-state index is -0.366. The maximum Gasteiger partial charge on any atom is 0.344 e. The molecule has 0 bridgehead atoms. The highest BCUT2D eigenvalue weighted by Crippen LogP contribution is 2.26. The van der Waals surface area contributed by atoms with E-state index >= 15 is 0 Å². The summed E-state index contributed by atoms with van der Waals surface area (Å²) in [5, 5.41) is 3.74. The first-order valence-corrected chi connectivity index (χ1v) is 5.80. The molecule has 17 heavy (non-hydrogen) atoms. The molecule has 0 radical (unpaired) electrons. The van der Waals surface area contributed by atoms with Crippen molar-refractivity contribution in [3.8, 4) is 0 Å². The van der Waals surface area contributed by atoms with Crippen LogP contribution in [0, 0.1) is 13.8 Å². The zero-order valence-electron chi connectivity index (χ0n) is 10.4. The topological polar surface area (TPSA) is 61.6 Å². The van der Waals surface area contributed by atoms with E-state index in [2.05, 4.69) is 5.16 Å². The SMILES string of the molecule is CO[C@@H]1CCC[C@@H]1OC(=O)c1c(C)noc1C. The summed E-state index contributed by atoms with van der Waals surface area (Å²) in [4.78, 5) is 12.0. The summed E-state index contributed by atoms with van der Waals surface area (Å²) in [6.07, 6.45) is 2.68. The van der Waals surface area contributed by atoms with Crippen LogP contribution in [0.1, 0.15) is 41.1 Å². The normalized spacial score (nSPS) is 23.9. The molecule has 1 fully saturated rings. The number of aryl methyl sites for hydroxylation is 2. The first kappa shape index (κ1) is 12.1. The van der Waals surface area contributed by atoms with Gasteiger partial charge in [-0.15, -0.1) is 0 Å². The van der Waals surface area contributed by atoms with Crippen LogP contribution in [0.2, 0.25) is 0 Å². The Hall–Kier alpha value is -1.36. The summed E-state index contributed by atoms with van der Waals surface area (Å²) in [7, 11) is 1.65. The second kappa shape index (κ2) is 4.87. The largest absolute Gasteiger partial charge is 0.456 e. The third-order valence-corrected chi connectivity index (χ3v) is 3.19. The van der Waals surface area contributed by atoms with E-state index < -0.39 is 0 Å². The fourth-order valence-corrected chi connectivity index (χ4v) is 2.27. The number of carbonyl (C=O) groups excluding carboxylic acids is 1. The number of ether oxygens (including phenoxy) is 2. The summed E-state index contributed by atoms with van der Waals surface area (Å²) in [5.74, 6) is 0.134. The van der Waals surface area contributed by atoms with Crippen molar-refractivity contribution in [2.75, 3.05) is 7.11 Å². The minimum absolute atomic E-state index is 0.0134. The number of hydrogen-bond donors (Lipinski definition) is 0. The van der Waals surface area contributed by atoms with E-state index in [1.165, 1.54) is 0 Å². The van der Waals surface area contributed by atoms with E-state index in [1.54, 1.807) is 21.0 Å². The zero-order valence-corrected chi connectivity index (χ0v) is 10.4. The van der Waals surface area contributed by atoms with Crippen molar-refractivity contribution in [2.24, 2.45) is 0 Å². The molecule has 0 spiro atoms. The van der Waals surface area contributed by atoms with E-state index in [1.807, 2.05) is 0 Å². The van der Waals surface area contributed by atoms with Crippen LogP contribution < -0.4 is 0 Å². The van der Waals surface area contributed by atoms with Crippen molar-refractivity contribution in [1.29, 1.82) is 0 Å². The fraction of sp³-hybridized carbons (Fsp3) is 0.667. The highest BCUT2D eigenvalue weighted by atomic mass is 16.6. The molecule has 1 aliphatic carbocycles. The van der Waals surface area contributed by atoms with Gasteiger partial charge in [0, 0.05) is 7.11 Å². The number of methoxy groups -OCH3 is 1. The zero-order chi connectivity index (χ0) is 12.4. The fourth-order valence-electron chi connectivity index (χ4n) is 2.27. The molecule has 5 nitrogen and oxygen atoms in total. The maximum atomic E-state index is 12.0. The summed E-state index contributed by atoms with van der Waals surface area (Å²) < 4.78 is 15.7. The average molecular weight is 239 g/mol. The maximum absolute atomic E-state index is 12.0. The Bertz CT molecular complexity index is 393. The number of carbonyl (C=O) groups is 1. The van der Waals surface area contributed by atoms with Gasteiger partial charge < -0.3 is 14.0 Å². The Kier molecular flexibility index (Phi) is 3.47. The molecule has 94 valence electrons. The predicted molar refractivity (Wildman–Crippen MR) is 59.8 cm³/mol. The van der Waals surface area contributed by atoms with Gasteiger partial charge in [-0.25, -0.2) is 4.79 Å². The van der Waals surface area contributed by atoms with Gasteiger partial charge in [0.15, 0.2) is 0 Å². The molecular formula is C12H17NO4. The van der Waals surface area contributed by atoms with E-state index in [4.69, 9.17) is 14.0 Å². The second-order valence-corrected chi connectivity index (χ2v) is 4.35. The van der Waals surface area contributed by atoms with Crippen LogP contribution in [0.25, 0.3) is 0 Å². The molecule has 0 aliphatic heterocycles. The Morgan fingerprint density at radius 1 is 1.35 bits per heavy atom. The number of aromatic nitrogens is 1. The van der Waals surface area contributed by atoms with Crippen molar-refractivity contribution in [3.05, 3.63) is 17.0 Å². The van der Waals surface area contributed by atoms with Crippen LogP contribution in [0.15, 0.2) is 4.52 Å². The third-order valence-electron chi connectivity index (χ3n) is 3.19. The Labute approximate surface area is 100 Å². The standard InChI is InChI=1S/C12H17NO4/c1-7-11(8(2)17-13-7)12(14)16-10-6-4-5-9(10)15-3/h9-10H,4-6H2,1-3H3/t9-,10+/m1/s1. The summed E-state index contributed by atoms with van der Waals surface area (Å²) >= 11 is 0. The van der Waals surface area contributed by atoms with Gasteiger partial charge in [-0.2, -0.15) is 0 Å². The highest BCUT2D eigenvalue weighted by molar-refractivity contribution is 5.91. The van der Waals surface area contributed by atoms with Gasteiger partial charge in [-0.05, 0) is 33.1 Å². The molecule has 0 saturated heterocycles. The lowest BCUT2D eigenvalue weighted by Gasteiger charge is -2.18. The van der Waals surface area contributed by atoms with Crippen LogP contribution in [0.4, 0.5) is 0 Å². The minimum Gasteiger partial charge on any atom is -0.456 e. The van der Waals surface area contributed by atoms with Gasteiger partial charge >= 0.3 is 5.97 Å². The molecule has 1 aromatic rings. The van der Waals surface area contributed by atoms with Crippen molar-refractivity contribution >= 4 is 5.97 Å². The van der Waals surface area contributed by atoms with Crippen molar-refractivity contribution in [1.82, 2.24) is 5.16 Å². The molecule has 1 aromatic heterocycles. The number of hydrogen-bond acceptors (Lipinski definition) is 5. The molecule has 0 unspecified atom stereocenters. The predicted octanol–water partition coefficient (Wildman–Crippen LogP) is 2.02. The van der Waals surface area contributed by atoms with Gasteiger partial charge in [-0.1, -0.05) is 5.16 Å². The molecule has 0 aromatic carbocycles. The van der Waals surface area contributed by atoms with Crippen molar-refractivity contribution < 1.29 is 18.8 Å².